The first-order valence-electron chi connectivity index (χ1n) is 8.65. The first kappa shape index (κ1) is 19.0. The molecular weight excluding hydrogens is 326 g/mol. The molecule has 0 aliphatic carbocycles. The topological polar surface area (TPSA) is 53.6 Å². The summed E-state index contributed by atoms with van der Waals surface area (Å²) in [4.78, 5) is 14.8. The largest absolute Gasteiger partial charge is 0.378 e. The number of morpholine rings is 1. The molecule has 0 unspecified atom stereocenters. The number of ether oxygens (including phenoxy) is 1. The molecule has 1 amide bonds. The molecule has 1 aromatic carbocycles. The van der Waals surface area contributed by atoms with E-state index in [9.17, 15) is 4.79 Å². The lowest BCUT2D eigenvalue weighted by atomic mass is 9.92. The molecule has 2 heterocycles. The van der Waals surface area contributed by atoms with Gasteiger partial charge in [0, 0.05) is 37.3 Å². The van der Waals surface area contributed by atoms with Gasteiger partial charge in [-0.3, -0.25) is 4.79 Å². The van der Waals surface area contributed by atoms with Crippen LogP contribution in [0.25, 0.3) is 0 Å². The van der Waals surface area contributed by atoms with Crippen molar-refractivity contribution in [1.29, 1.82) is 0 Å². The molecule has 6 heteroatoms. The fourth-order valence-electron chi connectivity index (χ4n) is 3.47. The van der Waals surface area contributed by atoms with Crippen molar-refractivity contribution in [2.45, 2.75) is 32.4 Å². The lowest BCUT2D eigenvalue weighted by Crippen LogP contribution is -2.42. The quantitative estimate of drug-likeness (QED) is 0.868. The maximum absolute atomic E-state index is 12.4. The van der Waals surface area contributed by atoms with E-state index in [2.05, 4.69) is 40.7 Å². The molecular formula is C18H28ClN3O2. The molecule has 0 saturated carbocycles. The van der Waals surface area contributed by atoms with Gasteiger partial charge in [0.05, 0.1) is 13.2 Å². The first-order chi connectivity index (χ1) is 11.2. The van der Waals surface area contributed by atoms with E-state index >= 15 is 0 Å². The minimum Gasteiger partial charge on any atom is -0.378 e. The van der Waals surface area contributed by atoms with Crippen LogP contribution in [0.4, 0.5) is 5.69 Å². The van der Waals surface area contributed by atoms with E-state index in [0.29, 0.717) is 12.6 Å². The Bertz CT molecular complexity index is 535. The lowest BCUT2D eigenvalue weighted by Gasteiger charge is -2.31. The molecule has 2 aliphatic heterocycles. The minimum absolute atomic E-state index is 0. The molecule has 134 valence electrons. The number of para-hydroxylation sites is 1. The summed E-state index contributed by atoms with van der Waals surface area (Å²) in [6.07, 6.45) is 1.86. The average molecular weight is 354 g/mol. The van der Waals surface area contributed by atoms with Crippen molar-refractivity contribution in [3.05, 3.63) is 29.8 Å². The Kier molecular flexibility index (Phi) is 7.34. The van der Waals surface area contributed by atoms with E-state index in [1.807, 2.05) is 6.07 Å². The molecule has 24 heavy (non-hydrogen) atoms. The van der Waals surface area contributed by atoms with E-state index < -0.39 is 0 Å². The fraction of sp³-hybridized carbons (Fsp3) is 0.611. The van der Waals surface area contributed by atoms with Gasteiger partial charge >= 0.3 is 0 Å². The Morgan fingerprint density at radius 3 is 2.83 bits per heavy atom. The summed E-state index contributed by atoms with van der Waals surface area (Å²) in [5, 5.41) is 6.54. The molecule has 0 radical (unpaired) electrons. The molecule has 2 aliphatic rings. The lowest BCUT2D eigenvalue weighted by molar-refractivity contribution is -0.126. The summed E-state index contributed by atoms with van der Waals surface area (Å²) in [5.41, 5.74) is 2.40. The molecule has 2 fully saturated rings. The second kappa shape index (κ2) is 9.25. The Labute approximate surface area is 150 Å². The van der Waals surface area contributed by atoms with Crippen LogP contribution in [0.3, 0.4) is 0 Å². The zero-order valence-electron chi connectivity index (χ0n) is 14.3. The third kappa shape index (κ3) is 4.85. The summed E-state index contributed by atoms with van der Waals surface area (Å²) in [6, 6.07) is 8.78. The van der Waals surface area contributed by atoms with Crippen LogP contribution in [0.2, 0.25) is 0 Å². The highest BCUT2D eigenvalue weighted by atomic mass is 35.5. The van der Waals surface area contributed by atoms with Gasteiger partial charge in [0.25, 0.3) is 0 Å². The zero-order chi connectivity index (χ0) is 16.1. The van der Waals surface area contributed by atoms with Crippen molar-refractivity contribution in [1.82, 2.24) is 10.6 Å². The maximum atomic E-state index is 12.4. The summed E-state index contributed by atoms with van der Waals surface area (Å²) in [7, 11) is 0. The maximum Gasteiger partial charge on any atom is 0.223 e. The van der Waals surface area contributed by atoms with Gasteiger partial charge in [0.1, 0.15) is 0 Å². The van der Waals surface area contributed by atoms with Crippen LogP contribution in [-0.4, -0.2) is 44.8 Å². The Hall–Kier alpha value is -1.30. The standard InChI is InChI=1S/C18H27N3O2.ClH/c1-14-12-15(6-7-19-14)18(22)20-13-16-4-2-3-5-17(16)21-8-10-23-11-9-21;/h2-5,14-15,19H,6-13H2,1H3,(H,20,22);1H/t14-,15-;/m0./s1. The van der Waals surface area contributed by atoms with Crippen LogP contribution >= 0.6 is 12.4 Å². The number of hydrogen-bond acceptors (Lipinski definition) is 4. The molecule has 3 rings (SSSR count). The van der Waals surface area contributed by atoms with Crippen LogP contribution < -0.4 is 15.5 Å². The predicted octanol–water partition coefficient (Wildman–Crippen LogP) is 1.95. The van der Waals surface area contributed by atoms with E-state index in [-0.39, 0.29) is 24.2 Å². The van der Waals surface area contributed by atoms with Gasteiger partial charge < -0.3 is 20.3 Å². The predicted molar refractivity (Wildman–Crippen MR) is 98.8 cm³/mol. The number of nitrogens with zero attached hydrogens (tertiary/aromatic N) is 1. The van der Waals surface area contributed by atoms with Crippen molar-refractivity contribution < 1.29 is 9.53 Å². The van der Waals surface area contributed by atoms with Crippen molar-refractivity contribution in [2.24, 2.45) is 5.92 Å². The van der Waals surface area contributed by atoms with Crippen molar-refractivity contribution in [2.75, 3.05) is 37.7 Å². The van der Waals surface area contributed by atoms with Gasteiger partial charge in [-0.05, 0) is 37.9 Å². The molecule has 2 N–H and O–H groups in total. The first-order valence-corrected chi connectivity index (χ1v) is 8.65. The number of rotatable bonds is 4. The molecule has 5 nitrogen and oxygen atoms in total. The van der Waals surface area contributed by atoms with Gasteiger partial charge in [-0.1, -0.05) is 18.2 Å². The molecule has 2 atom stereocenters. The smallest absolute Gasteiger partial charge is 0.223 e. The van der Waals surface area contributed by atoms with Crippen LogP contribution in [0, 0.1) is 5.92 Å². The van der Waals surface area contributed by atoms with Gasteiger partial charge in [-0.15, -0.1) is 12.4 Å². The summed E-state index contributed by atoms with van der Waals surface area (Å²) >= 11 is 0. The average Bonchev–Trinajstić information content (AvgIpc) is 2.60. The van der Waals surface area contributed by atoms with Crippen LogP contribution in [0.1, 0.15) is 25.3 Å². The molecule has 0 aromatic heterocycles. The minimum atomic E-state index is 0. The van der Waals surface area contributed by atoms with Gasteiger partial charge in [0.2, 0.25) is 5.91 Å². The highest BCUT2D eigenvalue weighted by Gasteiger charge is 2.24. The summed E-state index contributed by atoms with van der Waals surface area (Å²) < 4.78 is 5.43. The van der Waals surface area contributed by atoms with Crippen LogP contribution in [0.15, 0.2) is 24.3 Å². The number of amides is 1. The van der Waals surface area contributed by atoms with E-state index in [0.717, 1.165) is 45.7 Å². The van der Waals surface area contributed by atoms with Gasteiger partial charge in [-0.2, -0.15) is 0 Å². The second-order valence-electron chi connectivity index (χ2n) is 6.52. The number of benzene rings is 1. The number of carbonyl (C=O) groups is 1. The Morgan fingerprint density at radius 1 is 1.33 bits per heavy atom. The van der Waals surface area contributed by atoms with Crippen molar-refractivity contribution >= 4 is 24.0 Å². The summed E-state index contributed by atoms with van der Waals surface area (Å²) in [5.74, 6) is 0.330. The van der Waals surface area contributed by atoms with Gasteiger partial charge in [0.15, 0.2) is 0 Å². The molecule has 0 bridgehead atoms. The number of carbonyl (C=O) groups excluding carboxylic acids is 1. The third-order valence-corrected chi connectivity index (χ3v) is 4.79. The second-order valence-corrected chi connectivity index (χ2v) is 6.52. The fourth-order valence-corrected chi connectivity index (χ4v) is 3.47. The number of halogens is 1. The van der Waals surface area contributed by atoms with E-state index in [1.165, 1.54) is 11.3 Å². The van der Waals surface area contributed by atoms with E-state index in [4.69, 9.17) is 4.74 Å². The third-order valence-electron chi connectivity index (χ3n) is 4.79. The van der Waals surface area contributed by atoms with Gasteiger partial charge in [-0.25, -0.2) is 0 Å². The highest BCUT2D eigenvalue weighted by molar-refractivity contribution is 5.85. The van der Waals surface area contributed by atoms with Crippen LogP contribution in [-0.2, 0) is 16.1 Å². The SMILES string of the molecule is C[C@H]1C[C@@H](C(=O)NCc2ccccc2N2CCOCC2)CCN1.Cl. The summed E-state index contributed by atoms with van der Waals surface area (Å²) in [6.45, 7) is 7.05. The number of hydrogen-bond donors (Lipinski definition) is 2. The molecule has 1 aromatic rings. The monoisotopic (exact) mass is 353 g/mol. The zero-order valence-corrected chi connectivity index (χ0v) is 15.1. The molecule has 2 saturated heterocycles. The van der Waals surface area contributed by atoms with E-state index in [1.54, 1.807) is 0 Å². The number of nitrogens with one attached hydrogen (secondary N) is 2. The van der Waals surface area contributed by atoms with Crippen LogP contribution in [0.5, 0.6) is 0 Å². The number of piperidine rings is 1. The normalized spacial score (nSPS) is 24.1. The highest BCUT2D eigenvalue weighted by Crippen LogP contribution is 2.22. The Morgan fingerprint density at radius 2 is 2.08 bits per heavy atom. The van der Waals surface area contributed by atoms with Crippen molar-refractivity contribution in [3.8, 4) is 0 Å². The Balaban J connectivity index is 0.00000208. The number of anilines is 1. The van der Waals surface area contributed by atoms with Crippen molar-refractivity contribution in [3.63, 3.8) is 0 Å². The molecule has 0 spiro atoms.